The predicted molar refractivity (Wildman–Crippen MR) is 85.4 cm³/mol. The molecule has 0 aromatic heterocycles. The molecule has 21 heavy (non-hydrogen) atoms. The van der Waals surface area contributed by atoms with Crippen LogP contribution < -0.4 is 5.32 Å². The van der Waals surface area contributed by atoms with Gasteiger partial charge in [0.2, 0.25) is 0 Å². The van der Waals surface area contributed by atoms with Crippen molar-refractivity contribution in [3.8, 4) is 0 Å². The lowest BCUT2D eigenvalue weighted by Crippen LogP contribution is -2.52. The molecule has 1 aliphatic carbocycles. The highest BCUT2D eigenvalue weighted by Gasteiger charge is 2.38. The average molecular weight is 314 g/mol. The highest BCUT2D eigenvalue weighted by atomic mass is 35.5. The van der Waals surface area contributed by atoms with Crippen LogP contribution in [0.5, 0.6) is 0 Å². The largest absolute Gasteiger partial charge is 0.377 e. The van der Waals surface area contributed by atoms with Crippen molar-refractivity contribution in [2.24, 2.45) is 0 Å². The Kier molecular flexibility index (Phi) is 6.03. The van der Waals surface area contributed by atoms with E-state index in [2.05, 4.69) is 5.32 Å². The van der Waals surface area contributed by atoms with Crippen molar-refractivity contribution >= 4 is 11.6 Å². The van der Waals surface area contributed by atoms with Crippen LogP contribution in [-0.4, -0.2) is 25.8 Å². The van der Waals surface area contributed by atoms with E-state index in [9.17, 15) is 4.39 Å². The molecule has 1 aromatic rings. The summed E-state index contributed by atoms with van der Waals surface area (Å²) in [5, 5.41) is 3.80. The lowest BCUT2D eigenvalue weighted by atomic mass is 9.82. The maximum Gasteiger partial charge on any atom is 0.127 e. The van der Waals surface area contributed by atoms with E-state index in [0.717, 1.165) is 12.8 Å². The molecule has 2 nitrogen and oxygen atoms in total. The summed E-state index contributed by atoms with van der Waals surface area (Å²) in [6.45, 7) is 0. The first-order valence-corrected chi connectivity index (χ1v) is 8.15. The number of hydrogen-bond acceptors (Lipinski definition) is 2. The Balaban J connectivity index is 2.20. The van der Waals surface area contributed by atoms with Gasteiger partial charge in [0, 0.05) is 18.2 Å². The van der Waals surface area contributed by atoms with Crippen molar-refractivity contribution in [1.82, 2.24) is 5.32 Å². The van der Waals surface area contributed by atoms with Gasteiger partial charge in [0.1, 0.15) is 5.82 Å². The van der Waals surface area contributed by atoms with Gasteiger partial charge < -0.3 is 10.1 Å². The second-order valence-corrected chi connectivity index (χ2v) is 6.40. The molecule has 4 heteroatoms. The quantitative estimate of drug-likeness (QED) is 0.816. The number of ether oxygens (including phenoxy) is 1. The summed E-state index contributed by atoms with van der Waals surface area (Å²) in [5.74, 6) is -0.234. The standard InChI is InChI=1S/C17H25ClFNO/c1-20-16(11-13-7-8-14(18)12-15(13)19)17(21-2)9-5-3-4-6-10-17/h7-8,12,16,20H,3-6,9-11H2,1-2H3. The maximum atomic E-state index is 14.1. The van der Waals surface area contributed by atoms with Crippen LogP contribution in [0.2, 0.25) is 5.02 Å². The Hall–Kier alpha value is -0.640. The summed E-state index contributed by atoms with van der Waals surface area (Å²) in [6, 6.07) is 5.02. The molecular weight excluding hydrogens is 289 g/mol. The Morgan fingerprint density at radius 1 is 1.29 bits per heavy atom. The zero-order chi connectivity index (χ0) is 15.3. The number of halogens is 2. The van der Waals surface area contributed by atoms with Crippen molar-refractivity contribution in [2.45, 2.75) is 56.6 Å². The van der Waals surface area contributed by atoms with Gasteiger partial charge in [-0.25, -0.2) is 4.39 Å². The van der Waals surface area contributed by atoms with E-state index in [1.165, 1.54) is 31.7 Å². The Labute approximate surface area is 132 Å². The van der Waals surface area contributed by atoms with Gasteiger partial charge in [-0.3, -0.25) is 0 Å². The van der Waals surface area contributed by atoms with Gasteiger partial charge in [0.05, 0.1) is 5.60 Å². The van der Waals surface area contributed by atoms with Crippen molar-refractivity contribution < 1.29 is 9.13 Å². The summed E-state index contributed by atoms with van der Waals surface area (Å²) in [6.07, 6.45) is 7.56. The van der Waals surface area contributed by atoms with E-state index in [4.69, 9.17) is 16.3 Å². The number of benzene rings is 1. The lowest BCUT2D eigenvalue weighted by molar-refractivity contribution is -0.0510. The van der Waals surface area contributed by atoms with E-state index in [0.29, 0.717) is 17.0 Å². The zero-order valence-corrected chi connectivity index (χ0v) is 13.7. The highest BCUT2D eigenvalue weighted by Crippen LogP contribution is 2.34. The van der Waals surface area contributed by atoms with Crippen LogP contribution in [0.25, 0.3) is 0 Å². The van der Waals surface area contributed by atoms with E-state index < -0.39 is 0 Å². The Bertz CT molecular complexity index is 458. The molecular formula is C17H25ClFNO. The number of methoxy groups -OCH3 is 1. The first-order valence-electron chi connectivity index (χ1n) is 7.77. The Morgan fingerprint density at radius 2 is 1.95 bits per heavy atom. The molecule has 118 valence electrons. The van der Waals surface area contributed by atoms with Crippen molar-refractivity contribution in [3.05, 3.63) is 34.6 Å². The third-order valence-electron chi connectivity index (χ3n) is 4.78. The first-order chi connectivity index (χ1) is 10.1. The SMILES string of the molecule is CNC(Cc1ccc(Cl)cc1F)C1(OC)CCCCCC1. The topological polar surface area (TPSA) is 21.3 Å². The van der Waals surface area contributed by atoms with Crippen LogP contribution in [0.15, 0.2) is 18.2 Å². The predicted octanol–water partition coefficient (Wildman–Crippen LogP) is 4.35. The van der Waals surface area contributed by atoms with Crippen LogP contribution in [0.1, 0.15) is 44.1 Å². The van der Waals surface area contributed by atoms with E-state index in [1.807, 2.05) is 7.05 Å². The fourth-order valence-corrected chi connectivity index (χ4v) is 3.64. The summed E-state index contributed by atoms with van der Waals surface area (Å²) < 4.78 is 20.0. The van der Waals surface area contributed by atoms with Crippen molar-refractivity contribution in [3.63, 3.8) is 0 Å². The fraction of sp³-hybridized carbons (Fsp3) is 0.647. The van der Waals surface area contributed by atoms with Crippen LogP contribution in [0.4, 0.5) is 4.39 Å². The van der Waals surface area contributed by atoms with Gasteiger partial charge in [0.25, 0.3) is 0 Å². The summed E-state index contributed by atoms with van der Waals surface area (Å²) >= 11 is 5.83. The molecule has 1 unspecified atom stereocenters. The van der Waals surface area contributed by atoms with Gasteiger partial charge >= 0.3 is 0 Å². The molecule has 0 aliphatic heterocycles. The monoisotopic (exact) mass is 313 g/mol. The van der Waals surface area contributed by atoms with Crippen molar-refractivity contribution in [2.75, 3.05) is 14.2 Å². The van der Waals surface area contributed by atoms with Gasteiger partial charge in [0.15, 0.2) is 0 Å². The summed E-state index contributed by atoms with van der Waals surface area (Å²) in [7, 11) is 3.72. The normalized spacial score (nSPS) is 20.0. The van der Waals surface area contributed by atoms with Crippen LogP contribution in [0, 0.1) is 5.82 Å². The summed E-state index contributed by atoms with van der Waals surface area (Å²) in [5.41, 5.74) is 0.497. The molecule has 1 N–H and O–H groups in total. The van der Waals surface area contributed by atoms with Gasteiger partial charge in [-0.1, -0.05) is 43.4 Å². The smallest absolute Gasteiger partial charge is 0.127 e. The summed E-state index contributed by atoms with van der Waals surface area (Å²) in [4.78, 5) is 0. The van der Waals surface area contributed by atoms with Crippen LogP contribution >= 0.6 is 11.6 Å². The second kappa shape index (κ2) is 7.57. The van der Waals surface area contributed by atoms with Crippen molar-refractivity contribution in [1.29, 1.82) is 0 Å². The highest BCUT2D eigenvalue weighted by molar-refractivity contribution is 6.30. The fourth-order valence-electron chi connectivity index (χ4n) is 3.48. The lowest BCUT2D eigenvalue weighted by Gasteiger charge is -2.39. The maximum absolute atomic E-state index is 14.1. The third-order valence-corrected chi connectivity index (χ3v) is 5.01. The van der Waals surface area contributed by atoms with E-state index in [-0.39, 0.29) is 17.5 Å². The molecule has 2 rings (SSSR count). The molecule has 1 fully saturated rings. The molecule has 1 aliphatic rings. The van der Waals surface area contributed by atoms with Crippen LogP contribution in [-0.2, 0) is 11.2 Å². The van der Waals surface area contributed by atoms with Gasteiger partial charge in [-0.2, -0.15) is 0 Å². The minimum atomic E-state index is -0.234. The molecule has 0 spiro atoms. The average Bonchev–Trinajstić information content (AvgIpc) is 2.73. The number of rotatable bonds is 5. The molecule has 0 amide bonds. The zero-order valence-electron chi connectivity index (χ0n) is 12.9. The number of likely N-dealkylation sites (N-methyl/N-ethyl adjacent to an activating group) is 1. The van der Waals surface area contributed by atoms with Gasteiger partial charge in [-0.15, -0.1) is 0 Å². The second-order valence-electron chi connectivity index (χ2n) is 5.96. The third kappa shape index (κ3) is 3.97. The minimum absolute atomic E-state index is 0.108. The van der Waals surface area contributed by atoms with E-state index >= 15 is 0 Å². The molecule has 0 bridgehead atoms. The number of hydrogen-bond donors (Lipinski definition) is 1. The first kappa shape index (κ1) is 16.7. The van der Waals surface area contributed by atoms with Crippen LogP contribution in [0.3, 0.4) is 0 Å². The molecule has 0 radical (unpaired) electrons. The molecule has 0 saturated heterocycles. The minimum Gasteiger partial charge on any atom is -0.377 e. The number of nitrogens with one attached hydrogen (secondary N) is 1. The molecule has 1 aromatic carbocycles. The van der Waals surface area contributed by atoms with E-state index in [1.54, 1.807) is 19.2 Å². The van der Waals surface area contributed by atoms with Gasteiger partial charge in [-0.05, 0) is 44.0 Å². The molecule has 1 saturated carbocycles. The Morgan fingerprint density at radius 3 is 2.48 bits per heavy atom. The molecule has 1 atom stereocenters. The molecule has 0 heterocycles.